The highest BCUT2D eigenvalue weighted by Gasteiger charge is 2.15. The fraction of sp³-hybridized carbons (Fsp3) is 0.143. The van der Waals surface area contributed by atoms with E-state index >= 15 is 0 Å². The van der Waals surface area contributed by atoms with Crippen LogP contribution in [0.4, 0.5) is 4.39 Å². The van der Waals surface area contributed by atoms with E-state index in [0.29, 0.717) is 20.6 Å². The molecule has 1 unspecified atom stereocenters. The van der Waals surface area contributed by atoms with Crippen molar-refractivity contribution in [3.8, 4) is 0 Å². The van der Waals surface area contributed by atoms with Crippen LogP contribution in [0.1, 0.15) is 22.8 Å². The molecule has 2 rings (SSSR count). The lowest BCUT2D eigenvalue weighted by molar-refractivity contribution is 0.219. The molecule has 0 aliphatic heterocycles. The van der Waals surface area contributed by atoms with Gasteiger partial charge in [0.2, 0.25) is 0 Å². The fourth-order valence-corrected chi connectivity index (χ4v) is 2.72. The van der Waals surface area contributed by atoms with Gasteiger partial charge in [-0.05, 0) is 47.9 Å². The third-order valence-electron chi connectivity index (χ3n) is 2.64. The van der Waals surface area contributed by atoms with E-state index in [9.17, 15) is 9.50 Å². The summed E-state index contributed by atoms with van der Waals surface area (Å²) in [6.45, 7) is 1.79. The Morgan fingerprint density at radius 2 is 1.94 bits per heavy atom. The molecule has 1 N–H and O–H groups in total. The van der Waals surface area contributed by atoms with Crippen LogP contribution in [0.5, 0.6) is 0 Å². The Morgan fingerprint density at radius 3 is 2.56 bits per heavy atom. The number of benzene rings is 2. The van der Waals surface area contributed by atoms with Crippen molar-refractivity contribution in [2.75, 3.05) is 0 Å². The zero-order valence-electron chi connectivity index (χ0n) is 9.62. The summed E-state index contributed by atoms with van der Waals surface area (Å²) in [5.74, 6) is -0.353. The molecule has 0 saturated carbocycles. The van der Waals surface area contributed by atoms with Crippen molar-refractivity contribution < 1.29 is 9.50 Å². The summed E-state index contributed by atoms with van der Waals surface area (Å²) in [7, 11) is 0. The summed E-state index contributed by atoms with van der Waals surface area (Å²) in [5.41, 5.74) is 1.95. The number of aliphatic hydroxyl groups is 1. The van der Waals surface area contributed by atoms with Gasteiger partial charge in [-0.25, -0.2) is 4.39 Å². The SMILES string of the molecule is Cc1cc(F)cc(C(O)c2ccc(Cl)cc2Br)c1. The molecular formula is C14H11BrClFO. The van der Waals surface area contributed by atoms with Crippen LogP contribution in [0.3, 0.4) is 0 Å². The van der Waals surface area contributed by atoms with Crippen molar-refractivity contribution in [1.82, 2.24) is 0 Å². The zero-order chi connectivity index (χ0) is 13.3. The fourth-order valence-electron chi connectivity index (χ4n) is 1.83. The van der Waals surface area contributed by atoms with E-state index in [1.54, 1.807) is 31.2 Å². The number of aryl methyl sites for hydroxylation is 1. The zero-order valence-corrected chi connectivity index (χ0v) is 12.0. The highest BCUT2D eigenvalue weighted by Crippen LogP contribution is 2.31. The van der Waals surface area contributed by atoms with Gasteiger partial charge in [0.05, 0.1) is 0 Å². The quantitative estimate of drug-likeness (QED) is 0.851. The molecule has 0 heterocycles. The summed E-state index contributed by atoms with van der Waals surface area (Å²) < 4.78 is 14.0. The molecule has 0 aromatic heterocycles. The first-order valence-electron chi connectivity index (χ1n) is 5.37. The van der Waals surface area contributed by atoms with Gasteiger partial charge in [0.25, 0.3) is 0 Å². The minimum atomic E-state index is -0.883. The standard InChI is InChI=1S/C14H11BrClFO/c1-8-4-9(6-11(17)5-8)14(18)12-3-2-10(16)7-13(12)15/h2-7,14,18H,1H3. The van der Waals surface area contributed by atoms with Crippen LogP contribution in [0.2, 0.25) is 5.02 Å². The van der Waals surface area contributed by atoms with Gasteiger partial charge in [-0.2, -0.15) is 0 Å². The first-order chi connectivity index (χ1) is 8.47. The number of hydrogen-bond acceptors (Lipinski definition) is 1. The molecule has 2 aromatic carbocycles. The van der Waals surface area contributed by atoms with E-state index < -0.39 is 6.10 Å². The van der Waals surface area contributed by atoms with Crippen molar-refractivity contribution in [3.05, 3.63) is 68.4 Å². The van der Waals surface area contributed by atoms with Gasteiger partial charge in [-0.3, -0.25) is 0 Å². The predicted octanol–water partition coefficient (Wildman–Crippen LogP) is 4.63. The molecule has 0 radical (unpaired) electrons. The second-order valence-corrected chi connectivity index (χ2v) is 5.42. The van der Waals surface area contributed by atoms with Gasteiger partial charge >= 0.3 is 0 Å². The Balaban J connectivity index is 2.44. The summed E-state index contributed by atoms with van der Waals surface area (Å²) in [6, 6.07) is 9.63. The highest BCUT2D eigenvalue weighted by atomic mass is 79.9. The van der Waals surface area contributed by atoms with Crippen LogP contribution in [0.15, 0.2) is 40.9 Å². The van der Waals surface area contributed by atoms with Gasteiger partial charge < -0.3 is 5.11 Å². The molecule has 0 amide bonds. The molecule has 1 nitrogen and oxygen atoms in total. The maximum absolute atomic E-state index is 13.3. The van der Waals surface area contributed by atoms with Gasteiger partial charge in [-0.1, -0.05) is 39.7 Å². The Kier molecular flexibility index (Phi) is 4.05. The van der Waals surface area contributed by atoms with Gasteiger partial charge in [0.15, 0.2) is 0 Å². The topological polar surface area (TPSA) is 20.2 Å². The summed E-state index contributed by atoms with van der Waals surface area (Å²) in [5, 5.41) is 10.8. The molecule has 0 saturated heterocycles. The highest BCUT2D eigenvalue weighted by molar-refractivity contribution is 9.10. The lowest BCUT2D eigenvalue weighted by atomic mass is 10.00. The third kappa shape index (κ3) is 2.91. The molecule has 18 heavy (non-hydrogen) atoms. The Bertz CT molecular complexity index is 566. The van der Waals surface area contributed by atoms with Crippen LogP contribution in [-0.4, -0.2) is 5.11 Å². The molecule has 0 bridgehead atoms. The largest absolute Gasteiger partial charge is 0.384 e. The second-order valence-electron chi connectivity index (χ2n) is 4.13. The minimum absolute atomic E-state index is 0.353. The minimum Gasteiger partial charge on any atom is -0.384 e. The molecule has 0 spiro atoms. The molecule has 1 atom stereocenters. The van der Waals surface area contributed by atoms with Crippen LogP contribution in [0.25, 0.3) is 0 Å². The monoisotopic (exact) mass is 328 g/mol. The number of hydrogen-bond donors (Lipinski definition) is 1. The lowest BCUT2D eigenvalue weighted by Crippen LogP contribution is -2.01. The molecule has 0 fully saturated rings. The second kappa shape index (κ2) is 5.39. The van der Waals surface area contributed by atoms with Gasteiger partial charge in [-0.15, -0.1) is 0 Å². The van der Waals surface area contributed by atoms with Crippen LogP contribution in [-0.2, 0) is 0 Å². The predicted molar refractivity (Wildman–Crippen MR) is 74.4 cm³/mol. The van der Waals surface area contributed by atoms with Crippen molar-refractivity contribution in [2.45, 2.75) is 13.0 Å². The van der Waals surface area contributed by atoms with E-state index in [0.717, 1.165) is 5.56 Å². The lowest BCUT2D eigenvalue weighted by Gasteiger charge is -2.14. The molecule has 94 valence electrons. The molecule has 0 aliphatic carbocycles. The van der Waals surface area contributed by atoms with E-state index in [-0.39, 0.29) is 5.82 Å². The maximum atomic E-state index is 13.3. The maximum Gasteiger partial charge on any atom is 0.123 e. The number of rotatable bonds is 2. The van der Waals surface area contributed by atoms with E-state index in [2.05, 4.69) is 15.9 Å². The van der Waals surface area contributed by atoms with Crippen LogP contribution >= 0.6 is 27.5 Å². The number of aliphatic hydroxyl groups excluding tert-OH is 1. The molecule has 4 heteroatoms. The van der Waals surface area contributed by atoms with E-state index in [4.69, 9.17) is 11.6 Å². The van der Waals surface area contributed by atoms with E-state index in [1.807, 2.05) is 0 Å². The molecule has 0 aliphatic rings. The third-order valence-corrected chi connectivity index (χ3v) is 3.56. The normalized spacial score (nSPS) is 12.5. The van der Waals surface area contributed by atoms with Crippen molar-refractivity contribution in [2.24, 2.45) is 0 Å². The molecule has 2 aromatic rings. The summed E-state index contributed by atoms with van der Waals surface area (Å²) in [6.07, 6.45) is -0.883. The first kappa shape index (κ1) is 13.5. The Labute approximate surface area is 118 Å². The van der Waals surface area contributed by atoms with Crippen LogP contribution < -0.4 is 0 Å². The summed E-state index contributed by atoms with van der Waals surface area (Å²) in [4.78, 5) is 0. The Hall–Kier alpha value is -0.900. The van der Waals surface area contributed by atoms with E-state index in [1.165, 1.54) is 12.1 Å². The number of halogens is 3. The van der Waals surface area contributed by atoms with Gasteiger partial charge in [0.1, 0.15) is 11.9 Å². The Morgan fingerprint density at radius 1 is 1.22 bits per heavy atom. The average molecular weight is 330 g/mol. The van der Waals surface area contributed by atoms with Crippen molar-refractivity contribution in [3.63, 3.8) is 0 Å². The smallest absolute Gasteiger partial charge is 0.123 e. The first-order valence-corrected chi connectivity index (χ1v) is 6.54. The van der Waals surface area contributed by atoms with Gasteiger partial charge in [0, 0.05) is 9.50 Å². The van der Waals surface area contributed by atoms with Crippen LogP contribution in [0, 0.1) is 12.7 Å². The van der Waals surface area contributed by atoms with Crippen molar-refractivity contribution >= 4 is 27.5 Å². The average Bonchev–Trinajstić information content (AvgIpc) is 2.26. The molecular weight excluding hydrogens is 319 g/mol. The van der Waals surface area contributed by atoms with Crippen molar-refractivity contribution in [1.29, 1.82) is 0 Å². The summed E-state index contributed by atoms with van der Waals surface area (Å²) >= 11 is 9.19.